The topological polar surface area (TPSA) is 66.3 Å². The van der Waals surface area contributed by atoms with Crippen LogP contribution in [0.4, 0.5) is 5.13 Å². The third-order valence-corrected chi connectivity index (χ3v) is 4.94. The number of rotatable bonds is 4. The third kappa shape index (κ3) is 3.35. The summed E-state index contributed by atoms with van der Waals surface area (Å²) in [5.41, 5.74) is 2.72. The molecule has 118 valence electrons. The molecular weight excluding hydrogens is 378 g/mol. The van der Waals surface area contributed by atoms with E-state index in [-0.39, 0.29) is 5.69 Å². The van der Waals surface area contributed by atoms with Gasteiger partial charge in [-0.15, -0.1) is 0 Å². The molecule has 0 fully saturated rings. The Hall–Kier alpha value is -1.99. The molecule has 0 saturated heterocycles. The Morgan fingerprint density at radius 1 is 1.30 bits per heavy atom. The highest BCUT2D eigenvalue weighted by molar-refractivity contribution is 9.10. The monoisotopic (exact) mass is 391 g/mol. The standard InChI is InChI=1S/C16H14BrN3O2S/c1-20(2)16-19-14-9(6-10(17)8-13(14)23-16)7-11-4-3-5-12(18-11)15(21)22/h3-6,8H,7H2,1-2H3,(H,21,22). The van der Waals surface area contributed by atoms with Crippen molar-refractivity contribution in [3.63, 3.8) is 0 Å². The number of carboxylic acid groups (broad SMARTS) is 1. The van der Waals surface area contributed by atoms with Crippen LogP contribution in [0.5, 0.6) is 0 Å². The van der Waals surface area contributed by atoms with Gasteiger partial charge in [0.25, 0.3) is 0 Å². The van der Waals surface area contributed by atoms with Crippen molar-refractivity contribution in [3.8, 4) is 0 Å². The van der Waals surface area contributed by atoms with Gasteiger partial charge in [-0.05, 0) is 29.8 Å². The van der Waals surface area contributed by atoms with Gasteiger partial charge in [-0.3, -0.25) is 0 Å². The van der Waals surface area contributed by atoms with Crippen LogP contribution in [0, 0.1) is 0 Å². The van der Waals surface area contributed by atoms with Crippen molar-refractivity contribution in [1.82, 2.24) is 9.97 Å². The molecule has 0 amide bonds. The average molecular weight is 392 g/mol. The number of hydrogen-bond donors (Lipinski definition) is 1. The number of anilines is 1. The van der Waals surface area contributed by atoms with Crippen molar-refractivity contribution in [2.24, 2.45) is 0 Å². The Morgan fingerprint density at radius 2 is 2.09 bits per heavy atom. The molecule has 0 aliphatic rings. The number of carbonyl (C=O) groups is 1. The molecule has 0 aliphatic heterocycles. The first-order valence-corrected chi connectivity index (χ1v) is 8.50. The summed E-state index contributed by atoms with van der Waals surface area (Å²) in [7, 11) is 3.93. The highest BCUT2D eigenvalue weighted by Gasteiger charge is 2.13. The lowest BCUT2D eigenvalue weighted by atomic mass is 10.1. The van der Waals surface area contributed by atoms with Gasteiger partial charge in [0.2, 0.25) is 0 Å². The van der Waals surface area contributed by atoms with Crippen molar-refractivity contribution in [1.29, 1.82) is 0 Å². The molecule has 1 N–H and O–H groups in total. The maximum atomic E-state index is 11.1. The Bertz CT molecular complexity index is 892. The number of benzene rings is 1. The minimum atomic E-state index is -1.02. The minimum Gasteiger partial charge on any atom is -0.477 e. The van der Waals surface area contributed by atoms with Crippen LogP contribution in [-0.2, 0) is 6.42 Å². The second kappa shape index (κ2) is 6.25. The van der Waals surface area contributed by atoms with Gasteiger partial charge in [0.1, 0.15) is 5.69 Å². The SMILES string of the molecule is CN(C)c1nc2c(Cc3cccc(C(=O)O)n3)cc(Br)cc2s1. The molecule has 0 bridgehead atoms. The molecule has 0 unspecified atom stereocenters. The van der Waals surface area contributed by atoms with E-state index in [2.05, 4.69) is 25.9 Å². The first kappa shape index (κ1) is 15.9. The Kier molecular flexibility index (Phi) is 4.32. The van der Waals surface area contributed by atoms with Crippen molar-refractivity contribution >= 4 is 48.6 Å². The molecule has 2 aromatic heterocycles. The molecule has 2 heterocycles. The fourth-order valence-electron chi connectivity index (χ4n) is 2.27. The highest BCUT2D eigenvalue weighted by atomic mass is 79.9. The summed E-state index contributed by atoms with van der Waals surface area (Å²) < 4.78 is 2.07. The number of nitrogens with zero attached hydrogens (tertiary/aromatic N) is 3. The second-order valence-corrected chi connectivity index (χ2v) is 7.22. The molecule has 1 aromatic carbocycles. The average Bonchev–Trinajstić information content (AvgIpc) is 2.91. The molecule has 7 heteroatoms. The lowest BCUT2D eigenvalue weighted by Crippen LogP contribution is -2.07. The smallest absolute Gasteiger partial charge is 0.354 e. The zero-order valence-electron chi connectivity index (χ0n) is 12.6. The van der Waals surface area contributed by atoms with E-state index in [1.807, 2.05) is 37.2 Å². The van der Waals surface area contributed by atoms with Crippen molar-refractivity contribution in [2.45, 2.75) is 6.42 Å². The van der Waals surface area contributed by atoms with E-state index in [9.17, 15) is 4.79 Å². The van der Waals surface area contributed by atoms with Crippen LogP contribution in [0.2, 0.25) is 0 Å². The number of fused-ring (bicyclic) bond motifs is 1. The van der Waals surface area contributed by atoms with Crippen LogP contribution < -0.4 is 4.90 Å². The van der Waals surface area contributed by atoms with Crippen molar-refractivity contribution in [3.05, 3.63) is 51.8 Å². The first-order valence-electron chi connectivity index (χ1n) is 6.89. The number of aromatic carboxylic acids is 1. The fourth-order valence-corrected chi connectivity index (χ4v) is 3.90. The summed E-state index contributed by atoms with van der Waals surface area (Å²) in [4.78, 5) is 21.9. The number of carboxylic acids is 1. The summed E-state index contributed by atoms with van der Waals surface area (Å²) in [5.74, 6) is -1.02. The number of halogens is 1. The van der Waals surface area contributed by atoms with Crippen LogP contribution in [-0.4, -0.2) is 35.1 Å². The van der Waals surface area contributed by atoms with Crippen molar-refractivity contribution < 1.29 is 9.90 Å². The number of pyridine rings is 1. The van der Waals surface area contributed by atoms with Gasteiger partial charge >= 0.3 is 5.97 Å². The van der Waals surface area contributed by atoms with Crippen LogP contribution in [0.1, 0.15) is 21.7 Å². The quantitative estimate of drug-likeness (QED) is 0.732. The molecule has 0 atom stereocenters. The molecule has 5 nitrogen and oxygen atoms in total. The Labute approximate surface area is 145 Å². The predicted octanol–water partition coefficient (Wildman–Crippen LogP) is 3.81. The Balaban J connectivity index is 2.05. The summed E-state index contributed by atoms with van der Waals surface area (Å²) in [6, 6.07) is 9.10. The maximum absolute atomic E-state index is 11.1. The molecule has 0 radical (unpaired) electrons. The van der Waals surface area contributed by atoms with E-state index in [0.717, 1.165) is 25.4 Å². The number of hydrogen-bond acceptors (Lipinski definition) is 5. The largest absolute Gasteiger partial charge is 0.477 e. The third-order valence-electron chi connectivity index (χ3n) is 3.31. The number of aromatic nitrogens is 2. The summed E-state index contributed by atoms with van der Waals surface area (Å²) >= 11 is 5.15. The molecule has 0 aliphatic carbocycles. The molecular formula is C16H14BrN3O2S. The van der Waals surface area contributed by atoms with Gasteiger partial charge in [0.15, 0.2) is 5.13 Å². The summed E-state index contributed by atoms with van der Waals surface area (Å²) in [5, 5.41) is 10.0. The van der Waals surface area contributed by atoms with Crippen LogP contribution >= 0.6 is 27.3 Å². The van der Waals surface area contributed by atoms with Crippen molar-refractivity contribution in [2.75, 3.05) is 19.0 Å². The first-order chi connectivity index (χ1) is 10.9. The fraction of sp³-hybridized carbons (Fsp3) is 0.188. The molecule has 3 rings (SSSR count). The molecule has 23 heavy (non-hydrogen) atoms. The van der Waals surface area contributed by atoms with Gasteiger partial charge in [-0.1, -0.05) is 33.3 Å². The van der Waals surface area contributed by atoms with Crippen LogP contribution in [0.15, 0.2) is 34.8 Å². The van der Waals surface area contributed by atoms with Crippen LogP contribution in [0.25, 0.3) is 10.2 Å². The molecule has 3 aromatic rings. The van der Waals surface area contributed by atoms with Gasteiger partial charge in [-0.25, -0.2) is 14.8 Å². The minimum absolute atomic E-state index is 0.0565. The maximum Gasteiger partial charge on any atom is 0.354 e. The lowest BCUT2D eigenvalue weighted by Gasteiger charge is -2.06. The van der Waals surface area contributed by atoms with E-state index in [0.29, 0.717) is 12.1 Å². The van der Waals surface area contributed by atoms with Gasteiger partial charge < -0.3 is 10.0 Å². The summed E-state index contributed by atoms with van der Waals surface area (Å²) in [6.07, 6.45) is 0.535. The van der Waals surface area contributed by atoms with Gasteiger partial charge in [0, 0.05) is 30.7 Å². The number of thiazole rings is 1. The lowest BCUT2D eigenvalue weighted by molar-refractivity contribution is 0.0690. The normalized spacial score (nSPS) is 10.9. The van der Waals surface area contributed by atoms with Crippen LogP contribution in [0.3, 0.4) is 0 Å². The highest BCUT2D eigenvalue weighted by Crippen LogP contribution is 2.33. The summed E-state index contributed by atoms with van der Waals surface area (Å²) in [6.45, 7) is 0. The van der Waals surface area contributed by atoms with E-state index in [4.69, 9.17) is 5.11 Å². The molecule has 0 spiro atoms. The van der Waals surface area contributed by atoms with E-state index in [1.54, 1.807) is 17.4 Å². The molecule has 0 saturated carbocycles. The van der Waals surface area contributed by atoms with E-state index >= 15 is 0 Å². The second-order valence-electron chi connectivity index (χ2n) is 5.30. The zero-order chi connectivity index (χ0) is 16.6. The Morgan fingerprint density at radius 3 is 2.78 bits per heavy atom. The van der Waals surface area contributed by atoms with E-state index in [1.165, 1.54) is 6.07 Å². The van der Waals surface area contributed by atoms with E-state index < -0.39 is 5.97 Å². The van der Waals surface area contributed by atoms with Gasteiger partial charge in [0.05, 0.1) is 10.2 Å². The zero-order valence-corrected chi connectivity index (χ0v) is 15.0. The predicted molar refractivity (Wildman–Crippen MR) is 95.6 cm³/mol. The van der Waals surface area contributed by atoms with Gasteiger partial charge in [-0.2, -0.15) is 0 Å².